The minimum atomic E-state index is 0.718. The fraction of sp³-hybridized carbons (Fsp3) is 0.333. The highest BCUT2D eigenvalue weighted by Crippen LogP contribution is 1.93. The lowest BCUT2D eigenvalue weighted by atomic mass is 10.7. The zero-order chi connectivity index (χ0) is 4.28. The van der Waals surface area contributed by atoms with E-state index >= 15 is 0 Å². The fourth-order valence-electron chi connectivity index (χ4n) is 0. The van der Waals surface area contributed by atoms with Gasteiger partial charge in [0.15, 0.2) is 0 Å². The molecule has 0 aromatic rings. The van der Waals surface area contributed by atoms with Crippen LogP contribution in [0.3, 0.4) is 0 Å². The van der Waals surface area contributed by atoms with Gasteiger partial charge in [0.25, 0.3) is 0 Å². The van der Waals surface area contributed by atoms with E-state index in [1.165, 1.54) is 0 Å². The van der Waals surface area contributed by atoms with Crippen LogP contribution in [0, 0.1) is 0 Å². The highest BCUT2D eigenvalue weighted by Gasteiger charge is 1.65. The van der Waals surface area contributed by atoms with Crippen molar-refractivity contribution in [1.82, 2.24) is 0 Å². The van der Waals surface area contributed by atoms with Crippen LogP contribution in [-0.2, 0) is 4.52 Å². The molecule has 5 heavy (non-hydrogen) atoms. The third-order valence-electron chi connectivity index (χ3n) is 0.201. The van der Waals surface area contributed by atoms with E-state index in [1.807, 2.05) is 0 Å². The molecule has 1 nitrogen and oxygen atoms in total. The summed E-state index contributed by atoms with van der Waals surface area (Å²) >= 11 is 0. The van der Waals surface area contributed by atoms with E-state index < -0.39 is 0 Å². The van der Waals surface area contributed by atoms with Crippen LogP contribution in [0.2, 0.25) is 0 Å². The molecule has 0 bridgehead atoms. The first-order chi connectivity index (χ1) is 2.27. The molecule has 0 heterocycles. The normalized spacial score (nSPS) is 6.80. The lowest BCUT2D eigenvalue weighted by Gasteiger charge is -1.87. The average molecular weight is 90.1 g/mol. The zero-order valence-electron chi connectivity index (χ0n) is 3.19. The van der Waals surface area contributed by atoms with Gasteiger partial charge in [-0.1, -0.05) is 6.58 Å². The summed E-state index contributed by atoms with van der Waals surface area (Å²) in [5.41, 5.74) is 0. The first-order valence-electron chi connectivity index (χ1n) is 1.29. The van der Waals surface area contributed by atoms with Crippen molar-refractivity contribution in [1.29, 1.82) is 0 Å². The molecule has 0 radical (unpaired) electrons. The van der Waals surface area contributed by atoms with Crippen molar-refractivity contribution < 1.29 is 4.52 Å². The Kier molecular flexibility index (Phi) is 2.21. The van der Waals surface area contributed by atoms with Gasteiger partial charge in [0.2, 0.25) is 0 Å². The lowest BCUT2D eigenvalue weighted by Crippen LogP contribution is -1.60. The van der Waals surface area contributed by atoms with Crippen molar-refractivity contribution in [2.24, 2.45) is 0 Å². The van der Waals surface area contributed by atoms with Gasteiger partial charge in [0.1, 0.15) is 0 Å². The molecule has 0 N–H and O–H groups in total. The predicted molar refractivity (Wildman–Crippen MR) is 25.6 cm³/mol. The van der Waals surface area contributed by atoms with E-state index in [0.717, 1.165) is 5.76 Å². The standard InChI is InChI=1S/C3H7OP/c1-3(2)4-5/h1,5H2,2H3. The Morgan fingerprint density at radius 2 is 2.20 bits per heavy atom. The molecule has 0 aromatic heterocycles. The molecule has 0 aliphatic carbocycles. The average Bonchev–Trinajstić information content (AvgIpc) is 1.38. The second-order valence-electron chi connectivity index (χ2n) is 0.820. The summed E-state index contributed by atoms with van der Waals surface area (Å²) in [4.78, 5) is 0. The summed E-state index contributed by atoms with van der Waals surface area (Å²) in [6.07, 6.45) is 0. The molecule has 0 aliphatic heterocycles. The summed E-state index contributed by atoms with van der Waals surface area (Å²) in [5.74, 6) is 0.718. The molecule has 0 saturated carbocycles. The molecule has 0 amide bonds. The van der Waals surface area contributed by atoms with Gasteiger partial charge in [0, 0.05) is 0 Å². The Morgan fingerprint density at radius 3 is 2.20 bits per heavy atom. The molecule has 30 valence electrons. The van der Waals surface area contributed by atoms with Gasteiger partial charge < -0.3 is 4.52 Å². The van der Waals surface area contributed by atoms with E-state index in [2.05, 4.69) is 20.6 Å². The van der Waals surface area contributed by atoms with Crippen molar-refractivity contribution in [3.05, 3.63) is 12.3 Å². The first kappa shape index (κ1) is 4.97. The van der Waals surface area contributed by atoms with Crippen molar-refractivity contribution in [2.45, 2.75) is 6.92 Å². The van der Waals surface area contributed by atoms with Crippen LogP contribution in [0.15, 0.2) is 12.3 Å². The zero-order valence-corrected chi connectivity index (χ0v) is 4.35. The molecule has 1 unspecified atom stereocenters. The fourth-order valence-corrected chi connectivity index (χ4v) is 0. The van der Waals surface area contributed by atoms with Gasteiger partial charge in [-0.15, -0.1) is 0 Å². The molecule has 2 heteroatoms. The maximum atomic E-state index is 4.47. The van der Waals surface area contributed by atoms with Crippen LogP contribution < -0.4 is 0 Å². The van der Waals surface area contributed by atoms with E-state index in [-0.39, 0.29) is 0 Å². The van der Waals surface area contributed by atoms with E-state index in [0.29, 0.717) is 0 Å². The Balaban J connectivity index is 2.85. The van der Waals surface area contributed by atoms with E-state index in [9.17, 15) is 0 Å². The topological polar surface area (TPSA) is 9.23 Å². The molecule has 0 saturated heterocycles. The number of hydrogen-bond acceptors (Lipinski definition) is 1. The minimum absolute atomic E-state index is 0.718. The van der Waals surface area contributed by atoms with Crippen molar-refractivity contribution >= 4 is 9.47 Å². The van der Waals surface area contributed by atoms with Crippen LogP contribution in [-0.4, -0.2) is 0 Å². The molecule has 0 aromatic carbocycles. The van der Waals surface area contributed by atoms with Crippen molar-refractivity contribution in [3.8, 4) is 0 Å². The minimum Gasteiger partial charge on any atom is -0.486 e. The van der Waals surface area contributed by atoms with Crippen LogP contribution >= 0.6 is 9.47 Å². The number of rotatable bonds is 1. The molecule has 0 fully saturated rings. The van der Waals surface area contributed by atoms with Gasteiger partial charge in [-0.2, -0.15) is 0 Å². The predicted octanol–water partition coefficient (Wildman–Crippen LogP) is 1.33. The molecule has 0 spiro atoms. The van der Waals surface area contributed by atoms with Crippen molar-refractivity contribution in [3.63, 3.8) is 0 Å². The quantitative estimate of drug-likeness (QED) is 0.348. The number of hydrogen-bond donors (Lipinski definition) is 0. The summed E-state index contributed by atoms with van der Waals surface area (Å²) < 4.78 is 4.47. The van der Waals surface area contributed by atoms with Crippen molar-refractivity contribution in [2.75, 3.05) is 0 Å². The SMILES string of the molecule is C=C(C)OP. The molecule has 0 aliphatic rings. The highest BCUT2D eigenvalue weighted by atomic mass is 31.0. The Hall–Kier alpha value is -0.0300. The van der Waals surface area contributed by atoms with Crippen LogP contribution in [0.4, 0.5) is 0 Å². The van der Waals surface area contributed by atoms with Crippen LogP contribution in [0.5, 0.6) is 0 Å². The highest BCUT2D eigenvalue weighted by molar-refractivity contribution is 7.10. The summed E-state index contributed by atoms with van der Waals surface area (Å²) in [5, 5.41) is 0. The molecular formula is C3H7OP. The monoisotopic (exact) mass is 90.0 g/mol. The molecular weight excluding hydrogens is 83.0 g/mol. The molecule has 1 atom stereocenters. The third kappa shape index (κ3) is 3.97. The maximum absolute atomic E-state index is 4.47. The van der Waals surface area contributed by atoms with Gasteiger partial charge in [-0.25, -0.2) is 0 Å². The summed E-state index contributed by atoms with van der Waals surface area (Å²) in [6, 6.07) is 0. The Morgan fingerprint density at radius 1 is 2.00 bits per heavy atom. The Labute approximate surface area is 34.3 Å². The number of allylic oxidation sites excluding steroid dienone is 1. The summed E-state index contributed by atoms with van der Waals surface area (Å²) in [6.45, 7) is 5.22. The van der Waals surface area contributed by atoms with Gasteiger partial charge in [-0.05, 0) is 6.92 Å². The van der Waals surface area contributed by atoms with E-state index in [4.69, 9.17) is 0 Å². The maximum Gasteiger partial charge on any atom is 0.0889 e. The smallest absolute Gasteiger partial charge is 0.0889 e. The van der Waals surface area contributed by atoms with Gasteiger partial charge >= 0.3 is 0 Å². The first-order valence-corrected chi connectivity index (χ1v) is 1.76. The largest absolute Gasteiger partial charge is 0.486 e. The van der Waals surface area contributed by atoms with Crippen LogP contribution in [0.1, 0.15) is 6.92 Å². The van der Waals surface area contributed by atoms with E-state index in [1.54, 1.807) is 6.92 Å². The third-order valence-corrected chi connectivity index (χ3v) is 0.604. The Bertz CT molecular complexity index is 42.2. The lowest BCUT2D eigenvalue weighted by molar-refractivity contribution is 0.503. The second-order valence-corrected chi connectivity index (χ2v) is 1.06. The van der Waals surface area contributed by atoms with Gasteiger partial charge in [-0.3, -0.25) is 0 Å². The van der Waals surface area contributed by atoms with Crippen LogP contribution in [0.25, 0.3) is 0 Å². The summed E-state index contributed by atoms with van der Waals surface area (Å²) in [7, 11) is 2.09. The second kappa shape index (κ2) is 2.22. The van der Waals surface area contributed by atoms with Gasteiger partial charge in [0.05, 0.1) is 15.2 Å². The molecule has 0 rings (SSSR count).